The maximum Gasteiger partial charge on any atom is 0.199 e. The molecule has 2 aromatic carbocycles. The third kappa shape index (κ3) is 2.58. The van der Waals surface area contributed by atoms with Crippen molar-refractivity contribution in [3.05, 3.63) is 68.3 Å². The summed E-state index contributed by atoms with van der Waals surface area (Å²) in [5.41, 5.74) is 2.32. The van der Waals surface area contributed by atoms with Crippen LogP contribution in [0.25, 0.3) is 10.9 Å². The Hall–Kier alpha value is -1.98. The van der Waals surface area contributed by atoms with Crippen LogP contribution in [0.5, 0.6) is 5.75 Å². The van der Waals surface area contributed by atoms with Crippen molar-refractivity contribution in [1.29, 1.82) is 0 Å². The summed E-state index contributed by atoms with van der Waals surface area (Å²) in [5, 5.41) is 11.1. The van der Waals surface area contributed by atoms with E-state index in [1.807, 2.05) is 25.1 Å². The van der Waals surface area contributed by atoms with Gasteiger partial charge in [0.05, 0.1) is 11.1 Å². The van der Waals surface area contributed by atoms with Gasteiger partial charge in [-0.15, -0.1) is 0 Å². The Morgan fingerprint density at radius 2 is 1.86 bits per heavy atom. The topological polar surface area (TPSA) is 53.1 Å². The molecule has 0 fully saturated rings. The van der Waals surface area contributed by atoms with Crippen LogP contribution < -0.4 is 0 Å². The number of aryl methyl sites for hydroxylation is 1. The third-order valence-corrected chi connectivity index (χ3v) is 4.31. The molecule has 0 atom stereocenters. The molecule has 22 heavy (non-hydrogen) atoms. The van der Waals surface area contributed by atoms with Crippen LogP contribution in [0.3, 0.4) is 0 Å². The maximum atomic E-state index is 12.7. The molecule has 0 aliphatic rings. The lowest BCUT2D eigenvalue weighted by molar-refractivity contribution is 0.103. The summed E-state index contributed by atoms with van der Waals surface area (Å²) in [6, 6.07) is 12.5. The molecule has 0 bridgehead atoms. The number of benzene rings is 2. The fourth-order valence-corrected chi connectivity index (χ4v) is 2.91. The van der Waals surface area contributed by atoms with E-state index in [2.05, 4.69) is 20.9 Å². The van der Waals surface area contributed by atoms with E-state index in [0.29, 0.717) is 16.5 Å². The molecular formula is C17H12BrNO2S. The zero-order valence-electron chi connectivity index (χ0n) is 11.7. The van der Waals surface area contributed by atoms with E-state index >= 15 is 0 Å². The van der Waals surface area contributed by atoms with Gasteiger partial charge in [-0.05, 0) is 43.3 Å². The highest BCUT2D eigenvalue weighted by Crippen LogP contribution is 2.30. The second kappa shape index (κ2) is 5.66. The number of aromatic amines is 1. The molecular weight excluding hydrogens is 362 g/mol. The average molecular weight is 374 g/mol. The second-order valence-corrected chi connectivity index (χ2v) is 6.39. The van der Waals surface area contributed by atoms with Crippen LogP contribution in [-0.4, -0.2) is 15.9 Å². The molecule has 3 aromatic rings. The predicted molar refractivity (Wildman–Crippen MR) is 93.1 cm³/mol. The van der Waals surface area contributed by atoms with Crippen molar-refractivity contribution in [3.8, 4) is 5.75 Å². The molecule has 0 aliphatic heterocycles. The van der Waals surface area contributed by atoms with Crippen molar-refractivity contribution in [3.63, 3.8) is 0 Å². The van der Waals surface area contributed by atoms with Gasteiger partial charge in [0.1, 0.15) is 10.4 Å². The highest BCUT2D eigenvalue weighted by Gasteiger charge is 2.18. The molecule has 0 aliphatic carbocycles. The number of aromatic hydroxyl groups is 1. The quantitative estimate of drug-likeness (QED) is 0.495. The first kappa shape index (κ1) is 14.9. The first-order valence-corrected chi connectivity index (χ1v) is 7.83. The van der Waals surface area contributed by atoms with E-state index in [9.17, 15) is 9.90 Å². The first-order chi connectivity index (χ1) is 10.5. The molecule has 0 radical (unpaired) electrons. The molecule has 0 saturated heterocycles. The molecule has 0 spiro atoms. The largest absolute Gasteiger partial charge is 0.506 e. The van der Waals surface area contributed by atoms with Crippen LogP contribution in [-0.2, 0) is 0 Å². The Morgan fingerprint density at radius 3 is 2.55 bits per heavy atom. The fraction of sp³-hybridized carbons (Fsp3) is 0.0588. The van der Waals surface area contributed by atoms with Gasteiger partial charge in [-0.2, -0.15) is 0 Å². The number of hydrogen-bond donors (Lipinski definition) is 2. The summed E-state index contributed by atoms with van der Waals surface area (Å²) >= 11 is 8.59. The molecule has 3 nitrogen and oxygen atoms in total. The third-order valence-electron chi connectivity index (χ3n) is 3.48. The van der Waals surface area contributed by atoms with Crippen LogP contribution in [0.15, 0.2) is 46.9 Å². The van der Waals surface area contributed by atoms with E-state index in [1.54, 1.807) is 24.3 Å². The minimum absolute atomic E-state index is 0.0737. The summed E-state index contributed by atoms with van der Waals surface area (Å²) in [6.07, 6.45) is 0. The molecule has 110 valence electrons. The van der Waals surface area contributed by atoms with Crippen LogP contribution in [0.4, 0.5) is 0 Å². The zero-order chi connectivity index (χ0) is 15.9. The molecule has 0 amide bonds. The number of pyridine rings is 1. The van der Waals surface area contributed by atoms with Crippen LogP contribution in [0.2, 0.25) is 0 Å². The van der Waals surface area contributed by atoms with Crippen molar-refractivity contribution in [2.75, 3.05) is 0 Å². The van der Waals surface area contributed by atoms with Crippen LogP contribution in [0.1, 0.15) is 21.5 Å². The standard InChI is InChI=1S/C17H12BrNO2S/c1-9-2-7-13-12(8-9)16(21)14(17(22)19-13)15(20)10-3-5-11(18)6-4-10/h2-8H,1H3,(H2,19,21,22). The Bertz CT molecular complexity index is 945. The maximum absolute atomic E-state index is 12.7. The van der Waals surface area contributed by atoms with Crippen molar-refractivity contribution in [1.82, 2.24) is 4.98 Å². The number of carbonyl (C=O) groups excluding carboxylic acids is 1. The minimum Gasteiger partial charge on any atom is -0.506 e. The zero-order valence-corrected chi connectivity index (χ0v) is 14.1. The lowest BCUT2D eigenvalue weighted by Gasteiger charge is -2.09. The lowest BCUT2D eigenvalue weighted by Crippen LogP contribution is -2.04. The highest BCUT2D eigenvalue weighted by atomic mass is 79.9. The van der Waals surface area contributed by atoms with Gasteiger partial charge in [-0.3, -0.25) is 4.79 Å². The number of nitrogens with one attached hydrogen (secondary N) is 1. The molecule has 0 unspecified atom stereocenters. The Balaban J connectivity index is 2.24. The number of H-pyrrole nitrogens is 1. The molecule has 5 heteroatoms. The van der Waals surface area contributed by atoms with Crippen LogP contribution in [0, 0.1) is 11.6 Å². The van der Waals surface area contributed by atoms with Crippen molar-refractivity contribution in [2.45, 2.75) is 6.92 Å². The lowest BCUT2D eigenvalue weighted by atomic mass is 10.0. The van der Waals surface area contributed by atoms with Crippen molar-refractivity contribution in [2.24, 2.45) is 0 Å². The normalized spacial score (nSPS) is 10.8. The van der Waals surface area contributed by atoms with Crippen molar-refractivity contribution < 1.29 is 9.90 Å². The van der Waals surface area contributed by atoms with Gasteiger partial charge < -0.3 is 10.1 Å². The molecule has 2 N–H and O–H groups in total. The van der Waals surface area contributed by atoms with E-state index in [-0.39, 0.29) is 21.7 Å². The fourth-order valence-electron chi connectivity index (χ4n) is 2.35. The number of ketones is 1. The van der Waals surface area contributed by atoms with Crippen molar-refractivity contribution >= 4 is 44.8 Å². The Morgan fingerprint density at radius 1 is 1.18 bits per heavy atom. The second-order valence-electron chi connectivity index (χ2n) is 5.06. The minimum atomic E-state index is -0.297. The summed E-state index contributed by atoms with van der Waals surface area (Å²) < 4.78 is 1.12. The van der Waals surface area contributed by atoms with Gasteiger partial charge in [0.2, 0.25) is 0 Å². The number of fused-ring (bicyclic) bond motifs is 1. The molecule has 3 rings (SSSR count). The summed E-state index contributed by atoms with van der Waals surface area (Å²) in [6.45, 7) is 1.93. The number of hydrogen-bond acceptors (Lipinski definition) is 3. The van der Waals surface area contributed by atoms with Gasteiger partial charge in [-0.1, -0.05) is 39.8 Å². The van der Waals surface area contributed by atoms with Crippen LogP contribution >= 0.6 is 28.1 Å². The van der Waals surface area contributed by atoms with Gasteiger partial charge >= 0.3 is 0 Å². The first-order valence-electron chi connectivity index (χ1n) is 6.63. The molecule has 0 saturated carbocycles. The number of carbonyl (C=O) groups is 1. The molecule has 1 aromatic heterocycles. The molecule has 1 heterocycles. The van der Waals surface area contributed by atoms with E-state index < -0.39 is 0 Å². The SMILES string of the molecule is Cc1ccc2[nH]c(=S)c(C(=O)c3ccc(Br)cc3)c(O)c2c1. The summed E-state index contributed by atoms with van der Waals surface area (Å²) in [5.74, 6) is -0.370. The smallest absolute Gasteiger partial charge is 0.199 e. The Labute approximate surface area is 140 Å². The highest BCUT2D eigenvalue weighted by molar-refractivity contribution is 9.10. The van der Waals surface area contributed by atoms with E-state index in [0.717, 1.165) is 10.0 Å². The monoisotopic (exact) mass is 373 g/mol. The number of aromatic nitrogens is 1. The van der Waals surface area contributed by atoms with Gasteiger partial charge in [-0.25, -0.2) is 0 Å². The number of halogens is 1. The van der Waals surface area contributed by atoms with Gasteiger partial charge in [0.25, 0.3) is 0 Å². The average Bonchev–Trinajstić information content (AvgIpc) is 2.49. The summed E-state index contributed by atoms with van der Waals surface area (Å²) in [4.78, 5) is 15.7. The number of rotatable bonds is 2. The van der Waals surface area contributed by atoms with Gasteiger partial charge in [0, 0.05) is 15.4 Å². The summed E-state index contributed by atoms with van der Waals surface area (Å²) in [7, 11) is 0. The Kier molecular flexibility index (Phi) is 3.85. The van der Waals surface area contributed by atoms with E-state index in [1.165, 1.54) is 0 Å². The predicted octanol–water partition coefficient (Wildman–Crippen LogP) is 4.90. The van der Waals surface area contributed by atoms with Gasteiger partial charge in [0.15, 0.2) is 5.78 Å². The van der Waals surface area contributed by atoms with E-state index in [4.69, 9.17) is 12.2 Å².